The first-order valence-corrected chi connectivity index (χ1v) is 7.18. The van der Waals surface area contributed by atoms with Crippen molar-refractivity contribution in [3.63, 3.8) is 0 Å². The van der Waals surface area contributed by atoms with Crippen LogP contribution in [-0.2, 0) is 6.42 Å². The molecule has 0 spiro atoms. The second-order valence-electron chi connectivity index (χ2n) is 6.08. The van der Waals surface area contributed by atoms with Gasteiger partial charge in [-0.15, -0.1) is 0 Å². The van der Waals surface area contributed by atoms with Gasteiger partial charge in [0.15, 0.2) is 0 Å². The van der Waals surface area contributed by atoms with Crippen molar-refractivity contribution < 1.29 is 0 Å². The van der Waals surface area contributed by atoms with Crippen LogP contribution in [0.1, 0.15) is 38.2 Å². The van der Waals surface area contributed by atoms with Gasteiger partial charge in [-0.25, -0.2) is 0 Å². The van der Waals surface area contributed by atoms with E-state index in [4.69, 9.17) is 5.73 Å². The zero-order valence-corrected chi connectivity index (χ0v) is 11.5. The third-order valence-corrected chi connectivity index (χ3v) is 4.17. The van der Waals surface area contributed by atoms with Crippen LogP contribution < -0.4 is 11.1 Å². The summed E-state index contributed by atoms with van der Waals surface area (Å²) >= 11 is 0. The second-order valence-corrected chi connectivity index (χ2v) is 6.08. The molecule has 0 amide bonds. The fraction of sp³-hybridized carbons (Fsp3) is 0.625. The summed E-state index contributed by atoms with van der Waals surface area (Å²) in [5.41, 5.74) is 8.09. The summed E-state index contributed by atoms with van der Waals surface area (Å²) in [6.45, 7) is 4.45. The number of hydrogen-bond donors (Lipinski definition) is 2. The first-order chi connectivity index (χ1) is 8.68. The van der Waals surface area contributed by atoms with Crippen molar-refractivity contribution in [1.82, 2.24) is 5.32 Å². The van der Waals surface area contributed by atoms with Crippen molar-refractivity contribution in [3.8, 4) is 0 Å². The zero-order valence-electron chi connectivity index (χ0n) is 11.5. The van der Waals surface area contributed by atoms with Crippen molar-refractivity contribution >= 4 is 0 Å². The van der Waals surface area contributed by atoms with Crippen molar-refractivity contribution in [2.45, 2.75) is 45.1 Å². The van der Waals surface area contributed by atoms with Gasteiger partial charge in [0.25, 0.3) is 0 Å². The van der Waals surface area contributed by atoms with Crippen LogP contribution in [0.4, 0.5) is 0 Å². The smallest absolute Gasteiger partial charge is 0.0168 e. The van der Waals surface area contributed by atoms with Gasteiger partial charge in [0, 0.05) is 19.1 Å². The van der Waals surface area contributed by atoms with E-state index in [2.05, 4.69) is 42.6 Å². The zero-order chi connectivity index (χ0) is 12.8. The van der Waals surface area contributed by atoms with Gasteiger partial charge in [0.1, 0.15) is 0 Å². The highest BCUT2D eigenvalue weighted by atomic mass is 14.9. The molecule has 100 valence electrons. The fourth-order valence-electron chi connectivity index (χ4n) is 2.62. The van der Waals surface area contributed by atoms with Crippen molar-refractivity contribution in [2.24, 2.45) is 11.1 Å². The molecule has 18 heavy (non-hydrogen) atoms. The number of rotatable bonds is 7. The second kappa shape index (κ2) is 6.35. The first-order valence-electron chi connectivity index (χ1n) is 7.18. The van der Waals surface area contributed by atoms with Gasteiger partial charge in [0.2, 0.25) is 0 Å². The van der Waals surface area contributed by atoms with E-state index in [1.807, 2.05) is 0 Å². The highest BCUT2D eigenvalue weighted by Crippen LogP contribution is 2.39. The maximum atomic E-state index is 6.15. The minimum Gasteiger partial charge on any atom is -0.327 e. The average molecular weight is 246 g/mol. The molecule has 0 aromatic heterocycles. The van der Waals surface area contributed by atoms with E-state index in [-0.39, 0.29) is 6.04 Å². The molecule has 0 heterocycles. The van der Waals surface area contributed by atoms with Gasteiger partial charge in [0.05, 0.1) is 0 Å². The maximum Gasteiger partial charge on any atom is 0.0168 e. The van der Waals surface area contributed by atoms with Crippen molar-refractivity contribution in [3.05, 3.63) is 35.9 Å². The van der Waals surface area contributed by atoms with Gasteiger partial charge in [-0.05, 0) is 36.7 Å². The van der Waals surface area contributed by atoms with E-state index in [1.165, 1.54) is 24.8 Å². The summed E-state index contributed by atoms with van der Waals surface area (Å²) < 4.78 is 0. The Hall–Kier alpha value is -0.860. The summed E-state index contributed by atoms with van der Waals surface area (Å²) in [4.78, 5) is 0. The third kappa shape index (κ3) is 4.11. The largest absolute Gasteiger partial charge is 0.327 e. The predicted molar refractivity (Wildman–Crippen MR) is 77.6 cm³/mol. The molecule has 1 aromatic carbocycles. The molecule has 1 aromatic rings. The molecule has 0 bridgehead atoms. The van der Waals surface area contributed by atoms with Crippen LogP contribution in [0.15, 0.2) is 30.3 Å². The van der Waals surface area contributed by atoms with Gasteiger partial charge in [-0.3, -0.25) is 0 Å². The highest BCUT2D eigenvalue weighted by molar-refractivity contribution is 5.14. The van der Waals surface area contributed by atoms with E-state index in [1.54, 1.807) is 0 Å². The number of nitrogens with two attached hydrogens (primary N) is 1. The molecule has 0 saturated heterocycles. The minimum atomic E-state index is 0.272. The Bertz CT molecular complexity index is 343. The summed E-state index contributed by atoms with van der Waals surface area (Å²) in [6.07, 6.45) is 6.30. The Balaban J connectivity index is 1.59. The number of hydrogen-bond acceptors (Lipinski definition) is 2. The molecule has 0 aliphatic heterocycles. The molecule has 0 radical (unpaired) electrons. The van der Waals surface area contributed by atoms with Crippen molar-refractivity contribution in [2.75, 3.05) is 13.1 Å². The molecule has 1 unspecified atom stereocenters. The highest BCUT2D eigenvalue weighted by Gasteiger charge is 2.30. The molecule has 1 atom stereocenters. The number of aryl methyl sites for hydroxylation is 1. The number of benzene rings is 1. The fourth-order valence-corrected chi connectivity index (χ4v) is 2.62. The van der Waals surface area contributed by atoms with Crippen LogP contribution in [-0.4, -0.2) is 19.1 Å². The van der Waals surface area contributed by atoms with Gasteiger partial charge >= 0.3 is 0 Å². The van der Waals surface area contributed by atoms with Crippen LogP contribution in [0.2, 0.25) is 0 Å². The van der Waals surface area contributed by atoms with Gasteiger partial charge in [-0.2, -0.15) is 0 Å². The van der Waals surface area contributed by atoms with Gasteiger partial charge < -0.3 is 11.1 Å². The Labute approximate surface area is 111 Å². The Morgan fingerprint density at radius 3 is 2.61 bits per heavy atom. The molecule has 2 rings (SSSR count). The molecule has 1 aliphatic rings. The Morgan fingerprint density at radius 1 is 1.28 bits per heavy atom. The lowest BCUT2D eigenvalue weighted by Crippen LogP contribution is -2.42. The molecular formula is C16H26N2. The van der Waals surface area contributed by atoms with E-state index >= 15 is 0 Å². The monoisotopic (exact) mass is 246 g/mol. The van der Waals surface area contributed by atoms with E-state index in [9.17, 15) is 0 Å². The molecule has 1 saturated carbocycles. The Kier molecular flexibility index (Phi) is 4.79. The Morgan fingerprint density at radius 2 is 2.00 bits per heavy atom. The maximum absolute atomic E-state index is 6.15. The van der Waals surface area contributed by atoms with E-state index < -0.39 is 0 Å². The standard InChI is InChI=1S/C16H26N2/c1-16(10-5-11-16)13-18-12-15(17)9-8-14-6-3-2-4-7-14/h2-4,6-7,15,18H,5,8-13,17H2,1H3. The van der Waals surface area contributed by atoms with Crippen LogP contribution in [0.25, 0.3) is 0 Å². The lowest BCUT2D eigenvalue weighted by Gasteiger charge is -2.38. The van der Waals surface area contributed by atoms with E-state index in [0.717, 1.165) is 25.9 Å². The van der Waals surface area contributed by atoms with Crippen LogP contribution in [0.3, 0.4) is 0 Å². The molecule has 1 aliphatic carbocycles. The summed E-state index contributed by atoms with van der Waals surface area (Å²) in [6, 6.07) is 10.9. The number of nitrogens with one attached hydrogen (secondary N) is 1. The predicted octanol–water partition coefficient (Wildman–Crippen LogP) is 2.73. The van der Waals surface area contributed by atoms with Crippen LogP contribution >= 0.6 is 0 Å². The summed E-state index contributed by atoms with van der Waals surface area (Å²) in [5, 5.41) is 3.54. The summed E-state index contributed by atoms with van der Waals surface area (Å²) in [5.74, 6) is 0. The first kappa shape index (κ1) is 13.6. The lowest BCUT2D eigenvalue weighted by molar-refractivity contribution is 0.156. The SMILES string of the molecule is CC1(CNCC(N)CCc2ccccc2)CCC1. The lowest BCUT2D eigenvalue weighted by atomic mass is 9.70. The molecule has 1 fully saturated rings. The molecule has 2 heteroatoms. The van der Waals surface area contributed by atoms with Crippen molar-refractivity contribution in [1.29, 1.82) is 0 Å². The quantitative estimate of drug-likeness (QED) is 0.776. The minimum absolute atomic E-state index is 0.272. The van der Waals surface area contributed by atoms with Gasteiger partial charge in [-0.1, -0.05) is 43.7 Å². The third-order valence-electron chi connectivity index (χ3n) is 4.17. The normalized spacial score (nSPS) is 19.2. The molecule has 2 nitrogen and oxygen atoms in total. The van der Waals surface area contributed by atoms with Crippen LogP contribution in [0.5, 0.6) is 0 Å². The molecular weight excluding hydrogens is 220 g/mol. The van der Waals surface area contributed by atoms with Crippen LogP contribution in [0, 0.1) is 5.41 Å². The molecule has 3 N–H and O–H groups in total. The van der Waals surface area contributed by atoms with E-state index in [0.29, 0.717) is 5.41 Å². The summed E-state index contributed by atoms with van der Waals surface area (Å²) in [7, 11) is 0. The topological polar surface area (TPSA) is 38.0 Å². The average Bonchev–Trinajstić information content (AvgIpc) is 2.35.